The summed E-state index contributed by atoms with van der Waals surface area (Å²) in [5, 5.41) is 0. The molecule has 2 aromatic rings. The molecule has 0 fully saturated rings. The van der Waals surface area contributed by atoms with Gasteiger partial charge in [0, 0.05) is 0 Å². The molecule has 0 bridgehead atoms. The van der Waals surface area contributed by atoms with Gasteiger partial charge >= 0.3 is 6.18 Å². The van der Waals surface area contributed by atoms with Gasteiger partial charge in [0.1, 0.15) is 11.3 Å². The van der Waals surface area contributed by atoms with Crippen LogP contribution in [-0.2, 0) is 6.18 Å². The third kappa shape index (κ3) is 1.76. The molecule has 2 rings (SSSR count). The summed E-state index contributed by atoms with van der Waals surface area (Å²) < 4.78 is 37.9. The molecule has 1 aromatic carbocycles. The Bertz CT molecular complexity index is 513. The van der Waals surface area contributed by atoms with E-state index in [0.29, 0.717) is 11.3 Å². The minimum atomic E-state index is -4.40. The van der Waals surface area contributed by atoms with Crippen molar-refractivity contribution in [1.29, 1.82) is 0 Å². The van der Waals surface area contributed by atoms with E-state index >= 15 is 0 Å². The van der Waals surface area contributed by atoms with Gasteiger partial charge in [-0.15, -0.1) is 0 Å². The molecule has 1 aromatic heterocycles. The molecular formula is C10H10F3N3. The summed E-state index contributed by atoms with van der Waals surface area (Å²) >= 11 is 0. The van der Waals surface area contributed by atoms with Crippen LogP contribution in [0.4, 0.5) is 13.2 Å². The second-order valence-electron chi connectivity index (χ2n) is 3.61. The van der Waals surface area contributed by atoms with Crippen molar-refractivity contribution in [2.24, 2.45) is 5.73 Å². The Balaban J connectivity index is 2.68. The first-order valence-corrected chi connectivity index (χ1v) is 4.71. The molecular weight excluding hydrogens is 219 g/mol. The molecule has 0 aliphatic carbocycles. The van der Waals surface area contributed by atoms with E-state index in [9.17, 15) is 13.2 Å². The molecule has 0 saturated carbocycles. The first-order valence-electron chi connectivity index (χ1n) is 4.71. The Kier molecular flexibility index (Phi) is 2.38. The molecule has 0 spiro atoms. The molecule has 0 amide bonds. The van der Waals surface area contributed by atoms with Crippen molar-refractivity contribution in [1.82, 2.24) is 9.97 Å². The van der Waals surface area contributed by atoms with Crippen LogP contribution in [-0.4, -0.2) is 9.97 Å². The van der Waals surface area contributed by atoms with Crippen molar-refractivity contribution >= 4 is 11.0 Å². The molecule has 86 valence electrons. The number of benzene rings is 1. The number of nitrogens with two attached hydrogens (primary N) is 1. The summed E-state index contributed by atoms with van der Waals surface area (Å²) in [7, 11) is 0. The standard InChI is InChI=1S/C10H10F3N3/c1-5(14)9-15-7-4-2-3-6(8(7)16-9)10(11,12)13/h2-5H,14H2,1H3,(H,15,16)/t5-/m1/s1. The highest BCUT2D eigenvalue weighted by atomic mass is 19.4. The van der Waals surface area contributed by atoms with Crippen LogP contribution >= 0.6 is 0 Å². The van der Waals surface area contributed by atoms with Crippen molar-refractivity contribution in [3.63, 3.8) is 0 Å². The first-order chi connectivity index (χ1) is 7.39. The summed E-state index contributed by atoms with van der Waals surface area (Å²) in [6, 6.07) is 3.47. The minimum Gasteiger partial charge on any atom is -0.341 e. The number of fused-ring (bicyclic) bond motifs is 1. The Hall–Kier alpha value is -1.56. The Morgan fingerprint density at radius 1 is 1.38 bits per heavy atom. The molecule has 0 unspecified atom stereocenters. The summed E-state index contributed by atoms with van der Waals surface area (Å²) in [6.07, 6.45) is -4.40. The number of para-hydroxylation sites is 1. The summed E-state index contributed by atoms with van der Waals surface area (Å²) in [5.74, 6) is 0.353. The van der Waals surface area contributed by atoms with Crippen molar-refractivity contribution in [2.75, 3.05) is 0 Å². The topological polar surface area (TPSA) is 54.7 Å². The lowest BCUT2D eigenvalue weighted by Crippen LogP contribution is -2.07. The molecule has 3 N–H and O–H groups in total. The Morgan fingerprint density at radius 2 is 2.06 bits per heavy atom. The van der Waals surface area contributed by atoms with Gasteiger partial charge in [0.25, 0.3) is 0 Å². The Morgan fingerprint density at radius 3 is 2.62 bits per heavy atom. The zero-order valence-corrected chi connectivity index (χ0v) is 8.47. The van der Waals surface area contributed by atoms with Gasteiger partial charge in [0.05, 0.1) is 17.1 Å². The van der Waals surface area contributed by atoms with Gasteiger partial charge in [-0.05, 0) is 19.1 Å². The van der Waals surface area contributed by atoms with E-state index in [1.165, 1.54) is 6.07 Å². The molecule has 16 heavy (non-hydrogen) atoms. The van der Waals surface area contributed by atoms with Crippen LogP contribution in [0.1, 0.15) is 24.4 Å². The number of nitrogens with one attached hydrogen (secondary N) is 1. The highest BCUT2D eigenvalue weighted by molar-refractivity contribution is 5.79. The van der Waals surface area contributed by atoms with E-state index in [4.69, 9.17) is 5.73 Å². The number of imidazole rings is 1. The summed E-state index contributed by atoms with van der Waals surface area (Å²) in [5.41, 5.74) is 5.09. The van der Waals surface area contributed by atoms with Gasteiger partial charge in [0.15, 0.2) is 0 Å². The van der Waals surface area contributed by atoms with Gasteiger partial charge in [-0.2, -0.15) is 13.2 Å². The monoisotopic (exact) mass is 229 g/mol. The number of aromatic nitrogens is 2. The number of halogens is 3. The number of hydrogen-bond donors (Lipinski definition) is 2. The summed E-state index contributed by atoms with van der Waals surface area (Å²) in [4.78, 5) is 6.65. The van der Waals surface area contributed by atoms with Crippen LogP contribution < -0.4 is 5.73 Å². The van der Waals surface area contributed by atoms with Crippen molar-refractivity contribution in [3.05, 3.63) is 29.6 Å². The average Bonchev–Trinajstić information content (AvgIpc) is 2.58. The highest BCUT2D eigenvalue weighted by Gasteiger charge is 2.33. The first kappa shape index (κ1) is 10.9. The predicted octanol–water partition coefficient (Wildman–Crippen LogP) is 2.60. The maximum Gasteiger partial charge on any atom is 0.418 e. The minimum absolute atomic E-state index is 0.0812. The number of nitrogens with zero attached hydrogens (tertiary/aromatic N) is 1. The van der Waals surface area contributed by atoms with Crippen molar-refractivity contribution < 1.29 is 13.2 Å². The van der Waals surface area contributed by atoms with Gasteiger partial charge < -0.3 is 10.7 Å². The van der Waals surface area contributed by atoms with Gasteiger partial charge in [0.2, 0.25) is 0 Å². The fourth-order valence-electron chi connectivity index (χ4n) is 1.50. The third-order valence-corrected chi connectivity index (χ3v) is 2.27. The van der Waals surface area contributed by atoms with E-state index in [-0.39, 0.29) is 5.52 Å². The van der Waals surface area contributed by atoms with Crippen LogP contribution in [0, 0.1) is 0 Å². The number of H-pyrrole nitrogens is 1. The molecule has 1 atom stereocenters. The normalized spacial score (nSPS) is 14.3. The number of aromatic amines is 1. The third-order valence-electron chi connectivity index (χ3n) is 2.27. The zero-order valence-electron chi connectivity index (χ0n) is 8.47. The zero-order chi connectivity index (χ0) is 11.9. The number of alkyl halides is 3. The van der Waals surface area contributed by atoms with Gasteiger partial charge in [-0.25, -0.2) is 4.98 Å². The fourth-order valence-corrected chi connectivity index (χ4v) is 1.50. The van der Waals surface area contributed by atoms with Crippen LogP contribution in [0.5, 0.6) is 0 Å². The lowest BCUT2D eigenvalue weighted by Gasteiger charge is -2.06. The van der Waals surface area contributed by atoms with E-state index < -0.39 is 17.8 Å². The van der Waals surface area contributed by atoms with Gasteiger partial charge in [-0.3, -0.25) is 0 Å². The second-order valence-corrected chi connectivity index (χ2v) is 3.61. The maximum absolute atomic E-state index is 12.6. The average molecular weight is 229 g/mol. The summed E-state index contributed by atoms with van der Waals surface area (Å²) in [6.45, 7) is 1.66. The predicted molar refractivity (Wildman–Crippen MR) is 53.7 cm³/mol. The molecule has 0 saturated heterocycles. The van der Waals surface area contributed by atoms with E-state index in [1.54, 1.807) is 13.0 Å². The van der Waals surface area contributed by atoms with Crippen molar-refractivity contribution in [2.45, 2.75) is 19.1 Å². The molecule has 0 aliphatic rings. The maximum atomic E-state index is 12.6. The number of rotatable bonds is 1. The van der Waals surface area contributed by atoms with Crippen LogP contribution in [0.25, 0.3) is 11.0 Å². The van der Waals surface area contributed by atoms with E-state index in [1.807, 2.05) is 0 Å². The fraction of sp³-hybridized carbons (Fsp3) is 0.300. The second kappa shape index (κ2) is 3.48. The van der Waals surface area contributed by atoms with Crippen LogP contribution in [0.15, 0.2) is 18.2 Å². The highest BCUT2D eigenvalue weighted by Crippen LogP contribution is 2.33. The molecule has 1 heterocycles. The molecule has 6 heteroatoms. The van der Waals surface area contributed by atoms with Crippen molar-refractivity contribution in [3.8, 4) is 0 Å². The molecule has 0 aliphatic heterocycles. The Labute approximate surface area is 89.5 Å². The SMILES string of the molecule is C[C@@H](N)c1nc2c(C(F)(F)F)cccc2[nH]1. The molecule has 0 radical (unpaired) electrons. The smallest absolute Gasteiger partial charge is 0.341 e. The van der Waals surface area contributed by atoms with E-state index in [2.05, 4.69) is 9.97 Å². The lowest BCUT2D eigenvalue weighted by molar-refractivity contribution is -0.136. The van der Waals surface area contributed by atoms with Crippen LogP contribution in [0.3, 0.4) is 0 Å². The largest absolute Gasteiger partial charge is 0.418 e. The van der Waals surface area contributed by atoms with Crippen LogP contribution in [0.2, 0.25) is 0 Å². The van der Waals surface area contributed by atoms with E-state index in [0.717, 1.165) is 6.07 Å². The quantitative estimate of drug-likeness (QED) is 0.789. The van der Waals surface area contributed by atoms with Gasteiger partial charge in [-0.1, -0.05) is 6.07 Å². The molecule has 3 nitrogen and oxygen atoms in total. The number of hydrogen-bond acceptors (Lipinski definition) is 2. The lowest BCUT2D eigenvalue weighted by atomic mass is 10.2.